The number of imide groups is 1. The van der Waals surface area contributed by atoms with Crippen molar-refractivity contribution in [2.45, 2.75) is 19.8 Å². The predicted octanol–water partition coefficient (Wildman–Crippen LogP) is 0.253. The fourth-order valence-corrected chi connectivity index (χ4v) is 0.723. The van der Waals surface area contributed by atoms with Crippen LogP contribution in [0.15, 0.2) is 12.2 Å². The zero-order chi connectivity index (χ0) is 11.7. The van der Waals surface area contributed by atoms with E-state index in [1.54, 1.807) is 0 Å². The Morgan fingerprint density at radius 1 is 1.27 bits per heavy atom. The van der Waals surface area contributed by atoms with E-state index in [4.69, 9.17) is 5.11 Å². The van der Waals surface area contributed by atoms with Crippen molar-refractivity contribution in [3.8, 4) is 0 Å². The number of carboxylic acid groups (broad SMARTS) is 1. The average Bonchev–Trinajstić information content (AvgIpc) is 2.15. The molecule has 0 spiro atoms. The van der Waals surface area contributed by atoms with E-state index < -0.39 is 17.9 Å². The second kappa shape index (κ2) is 7.54. The van der Waals surface area contributed by atoms with Gasteiger partial charge in [0.05, 0.1) is 0 Å². The lowest BCUT2D eigenvalue weighted by Gasteiger charge is -2.03. The maximum Gasteiger partial charge on any atom is 0.328 e. The summed E-state index contributed by atoms with van der Waals surface area (Å²) in [4.78, 5) is 31.9. The van der Waals surface area contributed by atoms with Crippen molar-refractivity contribution in [3.05, 3.63) is 12.2 Å². The Morgan fingerprint density at radius 2 is 1.93 bits per heavy atom. The highest BCUT2D eigenvalue weighted by Gasteiger charge is 2.03. The predicted molar refractivity (Wildman–Crippen MR) is 53.2 cm³/mol. The lowest BCUT2D eigenvalue weighted by molar-refractivity contribution is -0.131. The Labute approximate surface area is 87.3 Å². The van der Waals surface area contributed by atoms with E-state index in [2.05, 4.69) is 5.32 Å². The van der Waals surface area contributed by atoms with Gasteiger partial charge in [-0.1, -0.05) is 13.3 Å². The maximum atomic E-state index is 10.9. The van der Waals surface area contributed by atoms with Gasteiger partial charge in [0.25, 0.3) is 5.91 Å². The number of carbonyl (C=O) groups is 3. The Bertz CT molecular complexity index is 273. The SMILES string of the molecule is CCCCNC(=O)NC(=O)/C=C/C(=O)O. The molecule has 3 amide bonds. The van der Waals surface area contributed by atoms with Crippen LogP contribution in [0.4, 0.5) is 4.79 Å². The van der Waals surface area contributed by atoms with Gasteiger partial charge in [-0.3, -0.25) is 10.1 Å². The molecule has 0 radical (unpaired) electrons. The van der Waals surface area contributed by atoms with Crippen LogP contribution >= 0.6 is 0 Å². The maximum absolute atomic E-state index is 10.9. The van der Waals surface area contributed by atoms with Crippen LogP contribution in [0.3, 0.4) is 0 Å². The summed E-state index contributed by atoms with van der Waals surface area (Å²) in [6.45, 7) is 2.46. The van der Waals surface area contributed by atoms with Gasteiger partial charge in [0.15, 0.2) is 0 Å². The highest BCUT2D eigenvalue weighted by Crippen LogP contribution is 1.82. The molecule has 84 valence electrons. The number of urea groups is 1. The van der Waals surface area contributed by atoms with Crippen LogP contribution < -0.4 is 10.6 Å². The Balaban J connectivity index is 3.76. The first-order chi connectivity index (χ1) is 7.06. The summed E-state index contributed by atoms with van der Waals surface area (Å²) < 4.78 is 0. The van der Waals surface area contributed by atoms with E-state index in [9.17, 15) is 14.4 Å². The number of hydrogen-bond acceptors (Lipinski definition) is 3. The van der Waals surface area contributed by atoms with E-state index in [1.165, 1.54) is 0 Å². The van der Waals surface area contributed by atoms with Gasteiger partial charge in [-0.05, 0) is 6.42 Å². The van der Waals surface area contributed by atoms with Gasteiger partial charge < -0.3 is 10.4 Å². The molecule has 0 aliphatic carbocycles. The summed E-state index contributed by atoms with van der Waals surface area (Å²) in [5.41, 5.74) is 0. The molecule has 0 aliphatic rings. The summed E-state index contributed by atoms with van der Waals surface area (Å²) >= 11 is 0. The molecular formula is C9H14N2O4. The van der Waals surface area contributed by atoms with E-state index in [0.717, 1.165) is 18.9 Å². The van der Waals surface area contributed by atoms with Crippen LogP contribution in [0.2, 0.25) is 0 Å². The van der Waals surface area contributed by atoms with Crippen molar-refractivity contribution in [2.75, 3.05) is 6.54 Å². The standard InChI is InChI=1S/C9H14N2O4/c1-2-3-6-10-9(15)11-7(12)4-5-8(13)14/h4-5H,2-3,6H2,1H3,(H,13,14)(H2,10,11,12,15)/b5-4+. The molecule has 0 saturated heterocycles. The molecule has 0 unspecified atom stereocenters. The molecule has 0 saturated carbocycles. The lowest BCUT2D eigenvalue weighted by Crippen LogP contribution is -2.39. The minimum atomic E-state index is -1.24. The molecule has 0 aliphatic heterocycles. The summed E-state index contributed by atoms with van der Waals surface area (Å²) in [6, 6.07) is -0.622. The monoisotopic (exact) mass is 214 g/mol. The number of amides is 3. The first-order valence-corrected chi connectivity index (χ1v) is 4.56. The third-order valence-electron chi connectivity index (χ3n) is 1.43. The highest BCUT2D eigenvalue weighted by molar-refractivity contribution is 6.02. The van der Waals surface area contributed by atoms with Gasteiger partial charge in [0.2, 0.25) is 0 Å². The van der Waals surface area contributed by atoms with Crippen LogP contribution in [-0.4, -0.2) is 29.6 Å². The third-order valence-corrected chi connectivity index (χ3v) is 1.43. The number of nitrogens with one attached hydrogen (secondary N) is 2. The molecule has 0 aromatic rings. The zero-order valence-electron chi connectivity index (χ0n) is 8.45. The molecule has 0 heterocycles. The van der Waals surface area contributed by atoms with Gasteiger partial charge in [0.1, 0.15) is 0 Å². The quantitative estimate of drug-likeness (QED) is 0.451. The van der Waals surface area contributed by atoms with E-state index in [0.29, 0.717) is 12.6 Å². The molecule has 0 bridgehead atoms. The highest BCUT2D eigenvalue weighted by atomic mass is 16.4. The molecule has 0 fully saturated rings. The van der Waals surface area contributed by atoms with Gasteiger partial charge in [0, 0.05) is 18.7 Å². The van der Waals surface area contributed by atoms with Crippen molar-refractivity contribution in [3.63, 3.8) is 0 Å². The van der Waals surface area contributed by atoms with Crippen molar-refractivity contribution in [2.24, 2.45) is 0 Å². The minimum absolute atomic E-state index is 0.484. The number of rotatable bonds is 5. The smallest absolute Gasteiger partial charge is 0.328 e. The fraction of sp³-hybridized carbons (Fsp3) is 0.444. The molecule has 3 N–H and O–H groups in total. The lowest BCUT2D eigenvalue weighted by atomic mass is 10.3. The second-order valence-electron chi connectivity index (χ2n) is 2.77. The number of carboxylic acids is 1. The Morgan fingerprint density at radius 3 is 2.47 bits per heavy atom. The summed E-state index contributed by atoms with van der Waals surface area (Å²) in [5.74, 6) is -2.00. The van der Waals surface area contributed by atoms with Crippen LogP contribution in [0.25, 0.3) is 0 Å². The molecule has 0 atom stereocenters. The zero-order valence-corrected chi connectivity index (χ0v) is 8.45. The van der Waals surface area contributed by atoms with Gasteiger partial charge in [-0.25, -0.2) is 9.59 Å². The topological polar surface area (TPSA) is 95.5 Å². The molecule has 15 heavy (non-hydrogen) atoms. The van der Waals surface area contributed by atoms with Crippen molar-refractivity contribution < 1.29 is 19.5 Å². The van der Waals surface area contributed by atoms with E-state index >= 15 is 0 Å². The molecular weight excluding hydrogens is 200 g/mol. The van der Waals surface area contributed by atoms with Crippen LogP contribution in [0, 0.1) is 0 Å². The minimum Gasteiger partial charge on any atom is -0.478 e. The van der Waals surface area contributed by atoms with Gasteiger partial charge in [-0.15, -0.1) is 0 Å². The van der Waals surface area contributed by atoms with Crippen molar-refractivity contribution in [1.29, 1.82) is 0 Å². The number of hydrogen-bond donors (Lipinski definition) is 3. The number of unbranched alkanes of at least 4 members (excludes halogenated alkanes) is 1. The van der Waals surface area contributed by atoms with Crippen LogP contribution in [0.5, 0.6) is 0 Å². The number of aliphatic carboxylic acids is 1. The second-order valence-corrected chi connectivity index (χ2v) is 2.77. The molecule has 0 aromatic heterocycles. The van der Waals surface area contributed by atoms with Crippen LogP contribution in [0.1, 0.15) is 19.8 Å². The molecule has 6 nitrogen and oxygen atoms in total. The first-order valence-electron chi connectivity index (χ1n) is 4.56. The van der Waals surface area contributed by atoms with Crippen LogP contribution in [-0.2, 0) is 9.59 Å². The molecule has 0 rings (SSSR count). The van der Waals surface area contributed by atoms with Crippen molar-refractivity contribution in [1.82, 2.24) is 10.6 Å². The van der Waals surface area contributed by atoms with E-state index in [1.807, 2.05) is 12.2 Å². The van der Waals surface area contributed by atoms with Gasteiger partial charge >= 0.3 is 12.0 Å². The van der Waals surface area contributed by atoms with E-state index in [-0.39, 0.29) is 0 Å². The average molecular weight is 214 g/mol. The molecule has 6 heteroatoms. The Kier molecular flexibility index (Phi) is 6.61. The molecule has 0 aromatic carbocycles. The fourth-order valence-electron chi connectivity index (χ4n) is 0.723. The summed E-state index contributed by atoms with van der Waals surface area (Å²) in [7, 11) is 0. The summed E-state index contributed by atoms with van der Waals surface area (Å²) in [5, 5.41) is 12.6. The van der Waals surface area contributed by atoms with Crippen molar-refractivity contribution >= 4 is 17.9 Å². The van der Waals surface area contributed by atoms with Gasteiger partial charge in [-0.2, -0.15) is 0 Å². The number of carbonyl (C=O) groups excluding carboxylic acids is 2. The normalized spacial score (nSPS) is 9.93. The Hall–Kier alpha value is -1.85. The largest absolute Gasteiger partial charge is 0.478 e. The summed E-state index contributed by atoms with van der Waals surface area (Å²) in [6.07, 6.45) is 3.20. The first kappa shape index (κ1) is 13.2. The third kappa shape index (κ3) is 8.48.